The monoisotopic (exact) mass is 346 g/mol. The molecule has 25 heavy (non-hydrogen) atoms. The van der Waals surface area contributed by atoms with Crippen molar-refractivity contribution in [3.63, 3.8) is 0 Å². The van der Waals surface area contributed by atoms with Crippen molar-refractivity contribution in [2.75, 3.05) is 16.8 Å². The maximum atomic E-state index is 13.2. The van der Waals surface area contributed by atoms with E-state index in [0.717, 1.165) is 12.1 Å². The number of benzene rings is 2. The maximum Gasteiger partial charge on any atom is 0.244 e. The van der Waals surface area contributed by atoms with Gasteiger partial charge in [-0.2, -0.15) is 0 Å². The number of anilines is 2. The van der Waals surface area contributed by atoms with Crippen molar-refractivity contribution in [3.05, 3.63) is 59.7 Å². The summed E-state index contributed by atoms with van der Waals surface area (Å²) in [4.78, 5) is 36.4. The fourth-order valence-electron chi connectivity index (χ4n) is 2.18. The molecule has 0 aliphatic rings. The average molecular weight is 346 g/mol. The molecule has 0 heterocycles. The van der Waals surface area contributed by atoms with Crippen LogP contribution in [0.2, 0.25) is 0 Å². The van der Waals surface area contributed by atoms with Gasteiger partial charge >= 0.3 is 0 Å². The molecular formula is C18H16F2N2O3. The highest BCUT2D eigenvalue weighted by atomic mass is 19.2. The van der Waals surface area contributed by atoms with Crippen molar-refractivity contribution in [2.24, 2.45) is 0 Å². The first-order valence-corrected chi connectivity index (χ1v) is 7.42. The average Bonchev–Trinajstić information content (AvgIpc) is 2.56. The first-order chi connectivity index (χ1) is 11.8. The molecule has 0 aliphatic carbocycles. The smallest absolute Gasteiger partial charge is 0.244 e. The molecule has 2 aromatic rings. The van der Waals surface area contributed by atoms with E-state index in [1.54, 1.807) is 24.3 Å². The molecule has 1 N–H and O–H groups in total. The highest BCUT2D eigenvalue weighted by Gasteiger charge is 2.16. The summed E-state index contributed by atoms with van der Waals surface area (Å²) >= 11 is 0. The summed E-state index contributed by atoms with van der Waals surface area (Å²) in [5.41, 5.74) is 1.01. The zero-order valence-corrected chi connectivity index (χ0v) is 13.7. The van der Waals surface area contributed by atoms with Gasteiger partial charge in [-0.05, 0) is 43.3 Å². The highest BCUT2D eigenvalue weighted by Crippen LogP contribution is 2.17. The second-order valence-corrected chi connectivity index (χ2v) is 5.39. The van der Waals surface area contributed by atoms with E-state index in [4.69, 9.17) is 0 Å². The Morgan fingerprint density at radius 1 is 0.960 bits per heavy atom. The zero-order valence-electron chi connectivity index (χ0n) is 13.7. The Kier molecular flexibility index (Phi) is 5.59. The normalized spacial score (nSPS) is 10.2. The summed E-state index contributed by atoms with van der Waals surface area (Å²) in [6, 6.07) is 9.20. The van der Waals surface area contributed by atoms with Crippen molar-refractivity contribution in [3.8, 4) is 0 Å². The van der Waals surface area contributed by atoms with Gasteiger partial charge in [0.15, 0.2) is 17.4 Å². The number of nitrogens with one attached hydrogen (secondary N) is 1. The second-order valence-electron chi connectivity index (χ2n) is 5.39. The van der Waals surface area contributed by atoms with E-state index in [1.807, 2.05) is 0 Å². The van der Waals surface area contributed by atoms with Gasteiger partial charge in [-0.15, -0.1) is 0 Å². The molecule has 130 valence electrons. The summed E-state index contributed by atoms with van der Waals surface area (Å²) in [6.45, 7) is 2.41. The van der Waals surface area contributed by atoms with E-state index in [-0.39, 0.29) is 23.9 Å². The van der Waals surface area contributed by atoms with Crippen LogP contribution in [0.1, 0.15) is 24.2 Å². The van der Waals surface area contributed by atoms with E-state index in [1.165, 1.54) is 24.8 Å². The Hall–Kier alpha value is -3.09. The molecule has 7 heteroatoms. The summed E-state index contributed by atoms with van der Waals surface area (Å²) in [7, 11) is 0. The topological polar surface area (TPSA) is 66.5 Å². The molecule has 0 saturated carbocycles. The van der Waals surface area contributed by atoms with Crippen LogP contribution in [0.3, 0.4) is 0 Å². The molecule has 0 saturated heterocycles. The number of hydrogen-bond acceptors (Lipinski definition) is 3. The van der Waals surface area contributed by atoms with Gasteiger partial charge < -0.3 is 10.2 Å². The molecule has 0 spiro atoms. The van der Waals surface area contributed by atoms with Crippen molar-refractivity contribution in [1.29, 1.82) is 0 Å². The van der Waals surface area contributed by atoms with Crippen molar-refractivity contribution in [2.45, 2.75) is 13.8 Å². The number of halogens is 2. The van der Waals surface area contributed by atoms with Gasteiger partial charge in [-0.25, -0.2) is 8.78 Å². The molecule has 0 radical (unpaired) electrons. The standard InChI is InChI=1S/C18H16F2N2O3/c1-11(23)13-3-6-15(7-4-13)22(12(2)24)10-18(25)21-14-5-8-16(19)17(20)9-14/h3-9H,10H2,1-2H3,(H,21,25). The van der Waals surface area contributed by atoms with Crippen LogP contribution in [0.4, 0.5) is 20.2 Å². The number of Topliss-reactive ketones (excluding diaryl/α,β-unsaturated/α-hetero) is 1. The van der Waals surface area contributed by atoms with E-state index in [0.29, 0.717) is 11.3 Å². The predicted molar refractivity (Wildman–Crippen MR) is 89.5 cm³/mol. The SMILES string of the molecule is CC(=O)c1ccc(N(CC(=O)Nc2ccc(F)c(F)c2)C(C)=O)cc1. The first-order valence-electron chi connectivity index (χ1n) is 7.42. The Morgan fingerprint density at radius 2 is 1.60 bits per heavy atom. The minimum Gasteiger partial charge on any atom is -0.324 e. The first kappa shape index (κ1) is 18.3. The van der Waals surface area contributed by atoms with Gasteiger partial charge in [0.1, 0.15) is 6.54 Å². The Balaban J connectivity index is 2.12. The van der Waals surface area contributed by atoms with Crippen LogP contribution < -0.4 is 10.2 Å². The van der Waals surface area contributed by atoms with E-state index in [2.05, 4.69) is 5.32 Å². The molecule has 2 rings (SSSR count). The largest absolute Gasteiger partial charge is 0.324 e. The zero-order chi connectivity index (χ0) is 18.6. The molecule has 2 amide bonds. The van der Waals surface area contributed by atoms with E-state index in [9.17, 15) is 23.2 Å². The van der Waals surface area contributed by atoms with E-state index >= 15 is 0 Å². The van der Waals surface area contributed by atoms with E-state index < -0.39 is 17.5 Å². The van der Waals surface area contributed by atoms with Gasteiger partial charge in [-0.3, -0.25) is 14.4 Å². The number of ketones is 1. The number of nitrogens with zero attached hydrogens (tertiary/aromatic N) is 1. The molecule has 5 nitrogen and oxygen atoms in total. The van der Waals surface area contributed by atoms with Crippen LogP contribution in [-0.4, -0.2) is 24.1 Å². The lowest BCUT2D eigenvalue weighted by Crippen LogP contribution is -2.36. The quantitative estimate of drug-likeness (QED) is 0.846. The number of carbonyl (C=O) groups excluding carboxylic acids is 3. The third-order valence-corrected chi connectivity index (χ3v) is 3.47. The van der Waals surface area contributed by atoms with Crippen LogP contribution in [0.15, 0.2) is 42.5 Å². The Morgan fingerprint density at radius 3 is 2.12 bits per heavy atom. The van der Waals surface area contributed by atoms with Crippen molar-refractivity contribution in [1.82, 2.24) is 0 Å². The molecule has 0 bridgehead atoms. The van der Waals surface area contributed by atoms with Gasteiger partial charge in [0.2, 0.25) is 11.8 Å². The number of hydrogen-bond donors (Lipinski definition) is 1. The number of amides is 2. The fourth-order valence-corrected chi connectivity index (χ4v) is 2.18. The Bertz CT molecular complexity index is 820. The van der Waals surface area contributed by atoms with Crippen LogP contribution in [-0.2, 0) is 9.59 Å². The van der Waals surface area contributed by atoms with Gasteiger partial charge in [-0.1, -0.05) is 0 Å². The third-order valence-electron chi connectivity index (χ3n) is 3.47. The lowest BCUT2D eigenvalue weighted by atomic mass is 10.1. The molecule has 0 unspecified atom stereocenters. The van der Waals surface area contributed by atoms with Crippen LogP contribution in [0.25, 0.3) is 0 Å². The minimum absolute atomic E-state index is 0.0827. The minimum atomic E-state index is -1.08. The molecular weight excluding hydrogens is 330 g/mol. The van der Waals surface area contributed by atoms with Crippen LogP contribution >= 0.6 is 0 Å². The van der Waals surface area contributed by atoms with Crippen LogP contribution in [0, 0.1) is 11.6 Å². The molecule has 0 aliphatic heterocycles. The number of rotatable bonds is 5. The summed E-state index contributed by atoms with van der Waals surface area (Å²) < 4.78 is 26.1. The molecule has 0 fully saturated rings. The summed E-state index contributed by atoms with van der Waals surface area (Å²) in [5, 5.41) is 2.40. The Labute approximate surface area is 143 Å². The second kappa shape index (κ2) is 7.65. The summed E-state index contributed by atoms with van der Waals surface area (Å²) in [5.74, 6) is -3.17. The van der Waals surface area contributed by atoms with Gasteiger partial charge in [0.05, 0.1) is 0 Å². The lowest BCUT2D eigenvalue weighted by molar-refractivity contribution is -0.120. The lowest BCUT2D eigenvalue weighted by Gasteiger charge is -2.21. The van der Waals surface area contributed by atoms with Crippen molar-refractivity contribution >= 4 is 29.0 Å². The molecule has 2 aromatic carbocycles. The predicted octanol–water partition coefficient (Wildman–Crippen LogP) is 3.16. The van der Waals surface area contributed by atoms with Gasteiger partial charge in [0, 0.05) is 29.9 Å². The maximum absolute atomic E-state index is 13.2. The fraction of sp³-hybridized carbons (Fsp3) is 0.167. The third kappa shape index (κ3) is 4.69. The van der Waals surface area contributed by atoms with Gasteiger partial charge in [0.25, 0.3) is 0 Å². The molecule has 0 aromatic heterocycles. The molecule has 0 atom stereocenters. The van der Waals surface area contributed by atoms with Crippen molar-refractivity contribution < 1.29 is 23.2 Å². The summed E-state index contributed by atoms with van der Waals surface area (Å²) in [6.07, 6.45) is 0. The number of carbonyl (C=O) groups is 3. The van der Waals surface area contributed by atoms with Crippen LogP contribution in [0.5, 0.6) is 0 Å². The highest BCUT2D eigenvalue weighted by molar-refractivity contribution is 6.02.